The molecule has 118 valence electrons. The number of rotatable bonds is 5. The van der Waals surface area contributed by atoms with Crippen LogP contribution in [0.3, 0.4) is 0 Å². The van der Waals surface area contributed by atoms with Gasteiger partial charge in [-0.15, -0.1) is 0 Å². The molecule has 23 heavy (non-hydrogen) atoms. The first-order valence-corrected chi connectivity index (χ1v) is 7.42. The van der Waals surface area contributed by atoms with Crippen LogP contribution in [0.4, 0.5) is 5.82 Å². The van der Waals surface area contributed by atoms with E-state index in [-0.39, 0.29) is 5.69 Å². The Kier molecular flexibility index (Phi) is 3.97. The molecule has 0 unspecified atom stereocenters. The van der Waals surface area contributed by atoms with Gasteiger partial charge in [0.15, 0.2) is 0 Å². The highest BCUT2D eigenvalue weighted by Gasteiger charge is 2.16. The van der Waals surface area contributed by atoms with Gasteiger partial charge in [0.2, 0.25) is 0 Å². The number of benzene rings is 1. The summed E-state index contributed by atoms with van der Waals surface area (Å²) in [6.45, 7) is 2.67. The van der Waals surface area contributed by atoms with Crippen LogP contribution in [0.2, 0.25) is 0 Å². The van der Waals surface area contributed by atoms with Gasteiger partial charge in [-0.25, -0.2) is 4.98 Å². The van der Waals surface area contributed by atoms with E-state index >= 15 is 0 Å². The summed E-state index contributed by atoms with van der Waals surface area (Å²) in [5.41, 5.74) is 7.42. The summed E-state index contributed by atoms with van der Waals surface area (Å²) in [6.07, 6.45) is 3.79. The van der Waals surface area contributed by atoms with E-state index in [2.05, 4.69) is 16.9 Å². The van der Waals surface area contributed by atoms with Gasteiger partial charge in [0.05, 0.1) is 12.4 Å². The van der Waals surface area contributed by atoms with E-state index in [0.29, 0.717) is 12.4 Å². The number of aromatic nitrogens is 2. The third-order valence-corrected chi connectivity index (χ3v) is 3.76. The molecule has 0 aliphatic rings. The summed E-state index contributed by atoms with van der Waals surface area (Å²) in [5, 5.41) is 1.09. The Balaban J connectivity index is 1.95. The molecule has 0 saturated heterocycles. The summed E-state index contributed by atoms with van der Waals surface area (Å²) < 4.78 is 5.91. The molecule has 2 aromatic heterocycles. The zero-order valence-electron chi connectivity index (χ0n) is 13.1. The summed E-state index contributed by atoms with van der Waals surface area (Å²) >= 11 is 0. The Morgan fingerprint density at radius 2 is 2.09 bits per heavy atom. The van der Waals surface area contributed by atoms with E-state index in [1.807, 2.05) is 36.2 Å². The number of aryl methyl sites for hydroxylation is 1. The van der Waals surface area contributed by atoms with Crippen molar-refractivity contribution in [3.05, 3.63) is 53.7 Å². The fourth-order valence-corrected chi connectivity index (χ4v) is 2.58. The van der Waals surface area contributed by atoms with Crippen molar-refractivity contribution in [3.8, 4) is 0 Å². The molecular formula is C17H18N4O2. The molecule has 6 nitrogen and oxygen atoms in total. The fourth-order valence-electron chi connectivity index (χ4n) is 2.58. The second kappa shape index (κ2) is 6.08. The summed E-state index contributed by atoms with van der Waals surface area (Å²) in [6, 6.07) is 7.97. The second-order valence-corrected chi connectivity index (χ2v) is 5.34. The predicted molar refractivity (Wildman–Crippen MR) is 88.2 cm³/mol. The van der Waals surface area contributed by atoms with Crippen molar-refractivity contribution in [1.82, 2.24) is 9.97 Å². The highest BCUT2D eigenvalue weighted by atomic mass is 16.3. The van der Waals surface area contributed by atoms with Crippen molar-refractivity contribution < 1.29 is 9.21 Å². The Labute approximate surface area is 133 Å². The van der Waals surface area contributed by atoms with Crippen molar-refractivity contribution in [1.29, 1.82) is 0 Å². The Bertz CT molecular complexity index is 857. The molecule has 0 atom stereocenters. The summed E-state index contributed by atoms with van der Waals surface area (Å²) in [5.74, 6) is 0.960. The molecule has 0 radical (unpaired) electrons. The third-order valence-electron chi connectivity index (χ3n) is 3.76. The van der Waals surface area contributed by atoms with Crippen molar-refractivity contribution in [2.45, 2.75) is 19.9 Å². The van der Waals surface area contributed by atoms with E-state index in [1.165, 1.54) is 6.20 Å². The van der Waals surface area contributed by atoms with Gasteiger partial charge in [-0.2, -0.15) is 0 Å². The molecule has 0 fully saturated rings. The van der Waals surface area contributed by atoms with Crippen LogP contribution < -0.4 is 10.6 Å². The van der Waals surface area contributed by atoms with Gasteiger partial charge in [0.1, 0.15) is 22.9 Å². The van der Waals surface area contributed by atoms with Gasteiger partial charge in [-0.3, -0.25) is 9.78 Å². The lowest BCUT2D eigenvalue weighted by molar-refractivity contribution is 0.0995. The van der Waals surface area contributed by atoms with Gasteiger partial charge < -0.3 is 15.1 Å². The van der Waals surface area contributed by atoms with Crippen molar-refractivity contribution in [2.24, 2.45) is 5.73 Å². The first kappa shape index (κ1) is 15.0. The van der Waals surface area contributed by atoms with E-state index in [1.54, 1.807) is 6.20 Å². The Hall–Kier alpha value is -2.89. The molecule has 3 aromatic rings. The minimum absolute atomic E-state index is 0.155. The van der Waals surface area contributed by atoms with Crippen LogP contribution >= 0.6 is 0 Å². The number of anilines is 1. The number of hydrogen-bond donors (Lipinski definition) is 1. The first-order valence-electron chi connectivity index (χ1n) is 7.42. The van der Waals surface area contributed by atoms with Gasteiger partial charge in [0.25, 0.3) is 5.91 Å². The molecule has 0 aliphatic carbocycles. The zero-order valence-corrected chi connectivity index (χ0v) is 13.1. The lowest BCUT2D eigenvalue weighted by Gasteiger charge is -2.18. The smallest absolute Gasteiger partial charge is 0.268 e. The highest BCUT2D eigenvalue weighted by Crippen LogP contribution is 2.28. The molecule has 0 saturated carbocycles. The van der Waals surface area contributed by atoms with Crippen LogP contribution in [0.5, 0.6) is 0 Å². The summed E-state index contributed by atoms with van der Waals surface area (Å²) in [4.78, 5) is 21.5. The molecule has 3 rings (SSSR count). The van der Waals surface area contributed by atoms with Crippen molar-refractivity contribution in [2.75, 3.05) is 11.9 Å². The van der Waals surface area contributed by atoms with Crippen LogP contribution in [-0.2, 0) is 13.0 Å². The average molecular weight is 310 g/mol. The minimum atomic E-state index is -0.587. The molecule has 1 aromatic carbocycles. The number of amides is 1. The monoisotopic (exact) mass is 310 g/mol. The van der Waals surface area contributed by atoms with Gasteiger partial charge in [-0.05, 0) is 6.07 Å². The zero-order chi connectivity index (χ0) is 16.4. The number of furan rings is 1. The summed E-state index contributed by atoms with van der Waals surface area (Å²) in [7, 11) is 1.90. The normalized spacial score (nSPS) is 10.9. The largest absolute Gasteiger partial charge is 0.461 e. The Morgan fingerprint density at radius 3 is 2.83 bits per heavy atom. The number of nitrogens with two attached hydrogens (primary N) is 1. The van der Waals surface area contributed by atoms with Crippen LogP contribution in [0.15, 0.2) is 41.1 Å². The van der Waals surface area contributed by atoms with Gasteiger partial charge >= 0.3 is 0 Å². The Morgan fingerprint density at radius 1 is 1.30 bits per heavy atom. The molecule has 0 spiro atoms. The molecule has 6 heteroatoms. The number of carbonyl (C=O) groups is 1. The quantitative estimate of drug-likeness (QED) is 0.782. The molecule has 0 bridgehead atoms. The van der Waals surface area contributed by atoms with Crippen LogP contribution in [-0.4, -0.2) is 22.9 Å². The fraction of sp³-hybridized carbons (Fsp3) is 0.235. The van der Waals surface area contributed by atoms with E-state index in [4.69, 9.17) is 10.2 Å². The lowest BCUT2D eigenvalue weighted by atomic mass is 10.1. The maximum Gasteiger partial charge on any atom is 0.268 e. The number of fused-ring (bicyclic) bond motifs is 1. The van der Waals surface area contributed by atoms with Gasteiger partial charge in [0, 0.05) is 31.0 Å². The standard InChI is InChI=1S/C17H18N4O2/c1-3-14-12(11-6-4-5-7-15(11)23-14)10-21(2)16-9-19-8-13(20-16)17(18)22/h4-9H,3,10H2,1-2H3,(H2,18,22). The number of primary amides is 1. The third kappa shape index (κ3) is 2.88. The SMILES string of the molecule is CCc1oc2ccccc2c1CN(C)c1cncc(C(N)=O)n1. The van der Waals surface area contributed by atoms with Crippen LogP contribution in [0.25, 0.3) is 11.0 Å². The van der Waals surface area contributed by atoms with Crippen molar-refractivity contribution in [3.63, 3.8) is 0 Å². The maximum atomic E-state index is 11.3. The first-order chi connectivity index (χ1) is 11.1. The topological polar surface area (TPSA) is 85.3 Å². The highest BCUT2D eigenvalue weighted by molar-refractivity contribution is 5.90. The number of carbonyl (C=O) groups excluding carboxylic acids is 1. The molecular weight excluding hydrogens is 292 g/mol. The van der Waals surface area contributed by atoms with Crippen molar-refractivity contribution >= 4 is 22.7 Å². The lowest BCUT2D eigenvalue weighted by Crippen LogP contribution is -2.21. The average Bonchev–Trinajstić information content (AvgIpc) is 2.93. The minimum Gasteiger partial charge on any atom is -0.461 e. The number of hydrogen-bond acceptors (Lipinski definition) is 5. The second-order valence-electron chi connectivity index (χ2n) is 5.34. The number of para-hydroxylation sites is 1. The molecule has 2 heterocycles. The predicted octanol–water partition coefficient (Wildman–Crippen LogP) is 2.52. The van der Waals surface area contributed by atoms with Gasteiger partial charge in [-0.1, -0.05) is 25.1 Å². The molecule has 1 amide bonds. The van der Waals surface area contributed by atoms with Crippen LogP contribution in [0.1, 0.15) is 28.7 Å². The number of nitrogens with zero attached hydrogens (tertiary/aromatic N) is 3. The van der Waals surface area contributed by atoms with E-state index in [9.17, 15) is 4.79 Å². The maximum absolute atomic E-state index is 11.3. The van der Waals surface area contributed by atoms with Crippen LogP contribution in [0, 0.1) is 0 Å². The molecule has 2 N–H and O–H groups in total. The van der Waals surface area contributed by atoms with E-state index in [0.717, 1.165) is 28.7 Å². The molecule has 0 aliphatic heterocycles. The van der Waals surface area contributed by atoms with E-state index < -0.39 is 5.91 Å².